The van der Waals surface area contributed by atoms with Crippen LogP contribution in [0.25, 0.3) is 10.8 Å². The Balaban J connectivity index is 2.41. The molecule has 0 unspecified atom stereocenters. The van der Waals surface area contributed by atoms with E-state index in [2.05, 4.69) is 15.7 Å². The molecule has 100 valence electrons. The van der Waals surface area contributed by atoms with Gasteiger partial charge in [-0.15, -0.1) is 0 Å². The second-order valence-corrected chi connectivity index (χ2v) is 3.81. The number of alkyl halides is 2. The van der Waals surface area contributed by atoms with E-state index in [1.165, 1.54) is 6.20 Å². The second-order valence-electron chi connectivity index (χ2n) is 3.81. The summed E-state index contributed by atoms with van der Waals surface area (Å²) in [6.45, 7) is -0.690. The quantitative estimate of drug-likeness (QED) is 0.579. The number of rotatable bonds is 4. The van der Waals surface area contributed by atoms with Crippen LogP contribution in [0.2, 0.25) is 0 Å². The van der Waals surface area contributed by atoms with E-state index in [1.54, 1.807) is 24.3 Å². The summed E-state index contributed by atoms with van der Waals surface area (Å²) in [6, 6.07) is 6.95. The number of nitrogens with two attached hydrogens (primary N) is 1. The number of anilines is 1. The van der Waals surface area contributed by atoms with Crippen molar-refractivity contribution in [1.29, 1.82) is 0 Å². The van der Waals surface area contributed by atoms with E-state index in [1.807, 2.05) is 0 Å². The number of hydrogen-bond donors (Lipinski definition) is 3. The first-order chi connectivity index (χ1) is 9.13. The first-order valence-electron chi connectivity index (χ1n) is 5.54. The third-order valence-corrected chi connectivity index (χ3v) is 2.59. The van der Waals surface area contributed by atoms with Gasteiger partial charge >= 0.3 is 0 Å². The van der Waals surface area contributed by atoms with E-state index in [0.29, 0.717) is 16.6 Å². The number of amides is 1. The SMILES string of the molecule is NNc1ncc(C(=O)NCC(F)F)c2ccccc12. The Labute approximate surface area is 107 Å². The molecule has 1 amide bonds. The molecule has 7 heteroatoms. The van der Waals surface area contributed by atoms with Gasteiger partial charge in [0.15, 0.2) is 0 Å². The number of halogens is 2. The van der Waals surface area contributed by atoms with E-state index >= 15 is 0 Å². The lowest BCUT2D eigenvalue weighted by Gasteiger charge is -2.10. The molecule has 0 aliphatic heterocycles. The summed E-state index contributed by atoms with van der Waals surface area (Å²) in [5.74, 6) is 5.16. The fourth-order valence-electron chi connectivity index (χ4n) is 1.75. The lowest BCUT2D eigenvalue weighted by atomic mass is 10.1. The average molecular weight is 266 g/mol. The molecule has 5 nitrogen and oxygen atoms in total. The van der Waals surface area contributed by atoms with Gasteiger partial charge in [-0.25, -0.2) is 19.6 Å². The van der Waals surface area contributed by atoms with Crippen LogP contribution in [-0.4, -0.2) is 23.9 Å². The predicted molar refractivity (Wildman–Crippen MR) is 67.9 cm³/mol. The number of fused-ring (bicyclic) bond motifs is 1. The van der Waals surface area contributed by atoms with Crippen LogP contribution < -0.4 is 16.6 Å². The smallest absolute Gasteiger partial charge is 0.255 e. The van der Waals surface area contributed by atoms with E-state index in [0.717, 1.165) is 0 Å². The van der Waals surface area contributed by atoms with Crippen LogP contribution in [0.4, 0.5) is 14.6 Å². The summed E-state index contributed by atoms with van der Waals surface area (Å²) < 4.78 is 24.2. The van der Waals surface area contributed by atoms with Crippen molar-refractivity contribution in [3.05, 3.63) is 36.0 Å². The molecule has 19 heavy (non-hydrogen) atoms. The topological polar surface area (TPSA) is 80.0 Å². The molecule has 0 atom stereocenters. The third-order valence-electron chi connectivity index (χ3n) is 2.59. The van der Waals surface area contributed by atoms with Gasteiger partial charge in [0.25, 0.3) is 12.3 Å². The molecule has 4 N–H and O–H groups in total. The minimum atomic E-state index is -2.59. The van der Waals surface area contributed by atoms with Crippen molar-refractivity contribution < 1.29 is 13.6 Å². The predicted octanol–water partition coefficient (Wildman–Crippen LogP) is 1.52. The number of pyridine rings is 1. The molecule has 0 bridgehead atoms. The monoisotopic (exact) mass is 266 g/mol. The summed E-state index contributed by atoms with van der Waals surface area (Å²) in [4.78, 5) is 15.8. The van der Waals surface area contributed by atoms with Crippen molar-refractivity contribution in [1.82, 2.24) is 10.3 Å². The van der Waals surface area contributed by atoms with Crippen molar-refractivity contribution in [2.24, 2.45) is 5.84 Å². The molecule has 0 aliphatic rings. The molecule has 2 aromatic rings. The molecule has 0 spiro atoms. The zero-order valence-corrected chi connectivity index (χ0v) is 9.86. The van der Waals surface area contributed by atoms with Gasteiger partial charge in [0.1, 0.15) is 5.82 Å². The second kappa shape index (κ2) is 5.57. The van der Waals surface area contributed by atoms with Crippen LogP contribution in [0.1, 0.15) is 10.4 Å². The Morgan fingerprint density at radius 3 is 2.63 bits per heavy atom. The normalized spacial score (nSPS) is 10.7. The van der Waals surface area contributed by atoms with Crippen molar-refractivity contribution >= 4 is 22.5 Å². The van der Waals surface area contributed by atoms with Gasteiger partial charge in [0.2, 0.25) is 0 Å². The molecular formula is C12H12F2N4O. The molecule has 2 rings (SSSR count). The number of hydrogen-bond acceptors (Lipinski definition) is 4. The van der Waals surface area contributed by atoms with E-state index < -0.39 is 18.9 Å². The van der Waals surface area contributed by atoms with Crippen molar-refractivity contribution in [3.8, 4) is 0 Å². The Hall–Kier alpha value is -2.28. The molecule has 0 saturated carbocycles. The van der Waals surface area contributed by atoms with Crippen molar-refractivity contribution in [3.63, 3.8) is 0 Å². The van der Waals surface area contributed by atoms with Crippen molar-refractivity contribution in [2.75, 3.05) is 12.0 Å². The fraction of sp³-hybridized carbons (Fsp3) is 0.167. The number of nitrogens with zero attached hydrogens (tertiary/aromatic N) is 1. The molecule has 1 aromatic heterocycles. The Morgan fingerprint density at radius 1 is 1.32 bits per heavy atom. The zero-order chi connectivity index (χ0) is 13.8. The van der Waals surface area contributed by atoms with E-state index in [4.69, 9.17) is 5.84 Å². The van der Waals surface area contributed by atoms with Crippen LogP contribution in [0.5, 0.6) is 0 Å². The fourth-order valence-corrected chi connectivity index (χ4v) is 1.75. The van der Waals surface area contributed by atoms with Crippen LogP contribution in [0.15, 0.2) is 30.5 Å². The Kier molecular flexibility index (Phi) is 3.86. The van der Waals surface area contributed by atoms with Gasteiger partial charge in [-0.05, 0) is 5.39 Å². The number of carbonyl (C=O) groups is 1. The van der Waals surface area contributed by atoms with Crippen LogP contribution >= 0.6 is 0 Å². The lowest BCUT2D eigenvalue weighted by molar-refractivity contribution is 0.0893. The highest BCUT2D eigenvalue weighted by Gasteiger charge is 2.14. The number of nitrogens with one attached hydrogen (secondary N) is 2. The number of nitrogen functional groups attached to an aromatic ring is 1. The highest BCUT2D eigenvalue weighted by Crippen LogP contribution is 2.23. The van der Waals surface area contributed by atoms with Crippen LogP contribution in [0.3, 0.4) is 0 Å². The number of hydrazine groups is 1. The van der Waals surface area contributed by atoms with Gasteiger partial charge in [-0.2, -0.15) is 0 Å². The van der Waals surface area contributed by atoms with Gasteiger partial charge in [-0.1, -0.05) is 24.3 Å². The maximum Gasteiger partial charge on any atom is 0.255 e. The minimum absolute atomic E-state index is 0.232. The Bertz CT molecular complexity index is 603. The van der Waals surface area contributed by atoms with Gasteiger partial charge in [0.05, 0.1) is 12.1 Å². The highest BCUT2D eigenvalue weighted by atomic mass is 19.3. The average Bonchev–Trinajstić information content (AvgIpc) is 2.43. The molecule has 1 aromatic carbocycles. The number of aromatic nitrogens is 1. The van der Waals surface area contributed by atoms with Crippen molar-refractivity contribution in [2.45, 2.75) is 6.43 Å². The summed E-state index contributed by atoms with van der Waals surface area (Å²) in [6.07, 6.45) is -1.29. The Morgan fingerprint density at radius 2 is 2.00 bits per heavy atom. The summed E-state index contributed by atoms with van der Waals surface area (Å²) in [7, 11) is 0. The molecule has 0 fully saturated rings. The van der Waals surface area contributed by atoms with Crippen LogP contribution in [0, 0.1) is 0 Å². The standard InChI is InChI=1S/C12H12F2N4O/c13-10(14)6-17-12(19)9-5-16-11(18-15)8-4-2-1-3-7(8)9/h1-5,10H,6,15H2,(H,16,18)(H,17,19). The van der Waals surface area contributed by atoms with Gasteiger partial charge in [-0.3, -0.25) is 4.79 Å². The summed E-state index contributed by atoms with van der Waals surface area (Å²) in [5.41, 5.74) is 2.66. The molecular weight excluding hydrogens is 254 g/mol. The highest BCUT2D eigenvalue weighted by molar-refractivity contribution is 6.09. The molecule has 1 heterocycles. The number of carbonyl (C=O) groups excluding carboxylic acids is 1. The van der Waals surface area contributed by atoms with Gasteiger partial charge < -0.3 is 10.7 Å². The van der Waals surface area contributed by atoms with Gasteiger partial charge in [0, 0.05) is 11.6 Å². The lowest BCUT2D eigenvalue weighted by Crippen LogP contribution is -2.28. The summed E-state index contributed by atoms with van der Waals surface area (Å²) >= 11 is 0. The first-order valence-corrected chi connectivity index (χ1v) is 5.54. The number of benzene rings is 1. The molecule has 0 saturated heterocycles. The first kappa shape index (κ1) is 13.2. The third kappa shape index (κ3) is 2.76. The zero-order valence-electron chi connectivity index (χ0n) is 9.86. The maximum atomic E-state index is 12.1. The molecule has 0 radical (unpaired) electrons. The molecule has 0 aliphatic carbocycles. The largest absolute Gasteiger partial charge is 0.346 e. The maximum absolute atomic E-state index is 12.1. The minimum Gasteiger partial charge on any atom is -0.346 e. The van der Waals surface area contributed by atoms with E-state index in [-0.39, 0.29) is 5.56 Å². The van der Waals surface area contributed by atoms with Crippen LogP contribution in [-0.2, 0) is 0 Å². The summed E-state index contributed by atoms with van der Waals surface area (Å²) in [5, 5.41) is 3.39. The van der Waals surface area contributed by atoms with E-state index in [9.17, 15) is 13.6 Å².